The zero-order valence-electron chi connectivity index (χ0n) is 11.8. The first-order valence-corrected chi connectivity index (χ1v) is 7.57. The molecule has 1 aromatic heterocycles. The Balaban J connectivity index is 2.18. The molecule has 1 aliphatic rings. The number of hydrogen-bond donors (Lipinski definition) is 1. The summed E-state index contributed by atoms with van der Waals surface area (Å²) >= 11 is 1.98. The van der Waals surface area contributed by atoms with E-state index in [1.54, 1.807) is 4.88 Å². The first kappa shape index (κ1) is 13.1. The van der Waals surface area contributed by atoms with E-state index in [-0.39, 0.29) is 0 Å². The van der Waals surface area contributed by atoms with Gasteiger partial charge in [-0.15, -0.1) is 11.3 Å². The Bertz CT molecular complexity index is 392. The van der Waals surface area contributed by atoms with E-state index in [4.69, 9.17) is 0 Å². The molecule has 96 valence electrons. The van der Waals surface area contributed by atoms with Gasteiger partial charge in [-0.25, -0.2) is 0 Å². The molecule has 0 aliphatic heterocycles. The van der Waals surface area contributed by atoms with Crippen LogP contribution in [0.15, 0.2) is 6.07 Å². The van der Waals surface area contributed by atoms with E-state index in [9.17, 15) is 0 Å². The number of rotatable bonds is 5. The van der Waals surface area contributed by atoms with E-state index < -0.39 is 0 Å². The third kappa shape index (κ3) is 2.74. The summed E-state index contributed by atoms with van der Waals surface area (Å²) in [6, 6.07) is 2.92. The standard InChI is InChI=1S/C15H25NS/c1-6-7-16-13(12-9-15(12,4)5)14-10(2)8-11(3)17-14/h8,12-13,16H,6-7,9H2,1-5H3. The molecule has 0 amide bonds. The first-order valence-electron chi connectivity index (χ1n) is 6.76. The molecule has 2 unspecified atom stereocenters. The molecule has 2 heteroatoms. The lowest BCUT2D eigenvalue weighted by atomic mass is 10.0. The molecule has 1 aliphatic carbocycles. The highest BCUT2D eigenvalue weighted by atomic mass is 32.1. The van der Waals surface area contributed by atoms with Crippen LogP contribution >= 0.6 is 11.3 Å². The zero-order valence-corrected chi connectivity index (χ0v) is 12.6. The van der Waals surface area contributed by atoms with Crippen molar-refractivity contribution in [2.45, 2.75) is 53.5 Å². The average Bonchev–Trinajstić information content (AvgIpc) is 2.72. The molecule has 0 saturated heterocycles. The second kappa shape index (κ2) is 4.74. The van der Waals surface area contributed by atoms with Crippen LogP contribution in [0, 0.1) is 25.2 Å². The smallest absolute Gasteiger partial charge is 0.0451 e. The summed E-state index contributed by atoms with van der Waals surface area (Å²) in [5.41, 5.74) is 2.01. The molecule has 1 saturated carbocycles. The molecule has 0 radical (unpaired) electrons. The van der Waals surface area contributed by atoms with E-state index in [1.807, 2.05) is 11.3 Å². The molecule has 1 heterocycles. The van der Waals surface area contributed by atoms with Crippen molar-refractivity contribution < 1.29 is 0 Å². The summed E-state index contributed by atoms with van der Waals surface area (Å²) in [5.74, 6) is 0.825. The van der Waals surface area contributed by atoms with Gasteiger partial charge in [-0.05, 0) is 56.2 Å². The molecule has 1 nitrogen and oxygen atoms in total. The van der Waals surface area contributed by atoms with Crippen LogP contribution in [-0.4, -0.2) is 6.54 Å². The third-order valence-corrected chi connectivity index (χ3v) is 5.20. The monoisotopic (exact) mass is 251 g/mol. The van der Waals surface area contributed by atoms with Crippen molar-refractivity contribution in [2.75, 3.05) is 6.54 Å². The van der Waals surface area contributed by atoms with Crippen molar-refractivity contribution in [3.63, 3.8) is 0 Å². The fourth-order valence-corrected chi connectivity index (χ4v) is 3.94. The van der Waals surface area contributed by atoms with Gasteiger partial charge in [0.2, 0.25) is 0 Å². The minimum Gasteiger partial charge on any atom is -0.309 e. The maximum absolute atomic E-state index is 3.77. The van der Waals surface area contributed by atoms with Gasteiger partial charge in [0.05, 0.1) is 0 Å². The highest BCUT2D eigenvalue weighted by Gasteiger charge is 2.50. The maximum atomic E-state index is 3.77. The van der Waals surface area contributed by atoms with Gasteiger partial charge in [0.15, 0.2) is 0 Å². The van der Waals surface area contributed by atoms with E-state index in [0.717, 1.165) is 12.5 Å². The lowest BCUT2D eigenvalue weighted by molar-refractivity contribution is 0.420. The number of nitrogens with one attached hydrogen (secondary N) is 1. The lowest BCUT2D eigenvalue weighted by Crippen LogP contribution is -2.25. The Morgan fingerprint density at radius 1 is 1.47 bits per heavy atom. The van der Waals surface area contributed by atoms with Crippen molar-refractivity contribution in [3.05, 3.63) is 21.4 Å². The molecule has 1 aromatic rings. The second-order valence-corrected chi connectivity index (χ2v) is 7.42. The first-order chi connectivity index (χ1) is 7.95. The fraction of sp³-hybridized carbons (Fsp3) is 0.733. The van der Waals surface area contributed by atoms with Gasteiger partial charge in [-0.3, -0.25) is 0 Å². The van der Waals surface area contributed by atoms with Gasteiger partial charge in [-0.1, -0.05) is 20.8 Å². The SMILES string of the molecule is CCCNC(c1sc(C)cc1C)C1CC1(C)C. The van der Waals surface area contributed by atoms with Gasteiger partial charge in [0.1, 0.15) is 0 Å². The Morgan fingerprint density at radius 3 is 2.53 bits per heavy atom. The molecule has 0 spiro atoms. The predicted molar refractivity (Wildman–Crippen MR) is 76.7 cm³/mol. The minimum atomic E-state index is 0.537. The van der Waals surface area contributed by atoms with Crippen molar-refractivity contribution in [2.24, 2.45) is 11.3 Å². The van der Waals surface area contributed by atoms with Crippen LogP contribution in [0.2, 0.25) is 0 Å². The summed E-state index contributed by atoms with van der Waals surface area (Å²) < 4.78 is 0. The highest BCUT2D eigenvalue weighted by molar-refractivity contribution is 7.12. The van der Waals surface area contributed by atoms with Crippen LogP contribution in [0.25, 0.3) is 0 Å². The number of thiophene rings is 1. The van der Waals surface area contributed by atoms with Crippen LogP contribution < -0.4 is 5.32 Å². The summed E-state index contributed by atoms with van der Waals surface area (Å²) in [6.07, 6.45) is 2.58. The number of aryl methyl sites for hydroxylation is 2. The molecule has 2 rings (SSSR count). The molecule has 0 bridgehead atoms. The molecule has 1 fully saturated rings. The van der Waals surface area contributed by atoms with Crippen molar-refractivity contribution in [1.29, 1.82) is 0 Å². The Kier molecular flexibility index (Phi) is 3.65. The summed E-state index contributed by atoms with van der Waals surface area (Å²) in [5, 5.41) is 3.77. The third-order valence-electron chi connectivity index (χ3n) is 3.97. The molecule has 0 aromatic carbocycles. The fourth-order valence-electron chi connectivity index (χ4n) is 2.76. The molecule has 1 N–H and O–H groups in total. The normalized spacial score (nSPS) is 23.7. The van der Waals surface area contributed by atoms with Crippen LogP contribution in [0.1, 0.15) is 55.0 Å². The van der Waals surface area contributed by atoms with Crippen molar-refractivity contribution in [1.82, 2.24) is 5.32 Å². The van der Waals surface area contributed by atoms with Gasteiger partial charge < -0.3 is 5.32 Å². The van der Waals surface area contributed by atoms with Gasteiger partial charge >= 0.3 is 0 Å². The van der Waals surface area contributed by atoms with Crippen LogP contribution in [0.4, 0.5) is 0 Å². The molecular formula is C15H25NS. The van der Waals surface area contributed by atoms with Gasteiger partial charge in [0, 0.05) is 15.8 Å². The predicted octanol–water partition coefficient (Wildman–Crippen LogP) is 4.45. The second-order valence-electron chi connectivity index (χ2n) is 6.14. The summed E-state index contributed by atoms with van der Waals surface area (Å²) in [4.78, 5) is 3.02. The number of hydrogen-bond acceptors (Lipinski definition) is 2. The van der Waals surface area contributed by atoms with E-state index >= 15 is 0 Å². The topological polar surface area (TPSA) is 12.0 Å². The maximum Gasteiger partial charge on any atom is 0.0451 e. The molecule has 2 atom stereocenters. The summed E-state index contributed by atoms with van der Waals surface area (Å²) in [6.45, 7) is 12.6. The lowest BCUT2D eigenvalue weighted by Gasteiger charge is -2.20. The van der Waals surface area contributed by atoms with E-state index in [2.05, 4.69) is 46.0 Å². The quantitative estimate of drug-likeness (QED) is 0.815. The molecule has 17 heavy (non-hydrogen) atoms. The van der Waals surface area contributed by atoms with E-state index in [1.165, 1.54) is 23.3 Å². The van der Waals surface area contributed by atoms with Crippen LogP contribution in [-0.2, 0) is 0 Å². The highest BCUT2D eigenvalue weighted by Crippen LogP contribution is 2.58. The largest absolute Gasteiger partial charge is 0.309 e. The van der Waals surface area contributed by atoms with Crippen molar-refractivity contribution >= 4 is 11.3 Å². The average molecular weight is 251 g/mol. The van der Waals surface area contributed by atoms with Gasteiger partial charge in [0.25, 0.3) is 0 Å². The van der Waals surface area contributed by atoms with Gasteiger partial charge in [-0.2, -0.15) is 0 Å². The van der Waals surface area contributed by atoms with Crippen LogP contribution in [0.5, 0.6) is 0 Å². The zero-order chi connectivity index (χ0) is 12.6. The summed E-state index contributed by atoms with van der Waals surface area (Å²) in [7, 11) is 0. The Hall–Kier alpha value is -0.340. The van der Waals surface area contributed by atoms with Crippen LogP contribution in [0.3, 0.4) is 0 Å². The van der Waals surface area contributed by atoms with E-state index in [0.29, 0.717) is 11.5 Å². The minimum absolute atomic E-state index is 0.537. The Morgan fingerprint density at radius 2 is 2.12 bits per heavy atom. The van der Waals surface area contributed by atoms with Crippen molar-refractivity contribution in [3.8, 4) is 0 Å². The Labute approximate surface area is 110 Å². The molecular weight excluding hydrogens is 226 g/mol.